The predicted molar refractivity (Wildman–Crippen MR) is 63.6 cm³/mol. The van der Waals surface area contributed by atoms with E-state index in [1.54, 1.807) is 18.2 Å². The van der Waals surface area contributed by atoms with E-state index >= 15 is 0 Å². The van der Waals surface area contributed by atoms with Crippen molar-refractivity contribution < 1.29 is 14.4 Å². The molecule has 2 N–H and O–H groups in total. The molecule has 3 aromatic rings. The Morgan fingerprint density at radius 2 is 2.28 bits per heavy atom. The molecule has 2 aromatic heterocycles. The summed E-state index contributed by atoms with van der Waals surface area (Å²) in [5, 5.41) is 20.1. The molecule has 0 atom stereocenters. The highest BCUT2D eigenvalue weighted by molar-refractivity contribution is 6.34. The minimum Gasteiger partial charge on any atom is -0.476 e. The summed E-state index contributed by atoms with van der Waals surface area (Å²) in [6, 6.07) is 6.69. The molecule has 18 heavy (non-hydrogen) atoms. The lowest BCUT2D eigenvalue weighted by Gasteiger charge is -1.95. The van der Waals surface area contributed by atoms with E-state index in [0.717, 1.165) is 5.39 Å². The van der Waals surface area contributed by atoms with Crippen LogP contribution in [0.2, 0.25) is 5.15 Å². The molecular formula is C11H6ClN3O3. The van der Waals surface area contributed by atoms with Gasteiger partial charge in [0, 0.05) is 17.0 Å². The van der Waals surface area contributed by atoms with E-state index in [1.165, 1.54) is 6.07 Å². The van der Waals surface area contributed by atoms with E-state index in [4.69, 9.17) is 21.2 Å². The van der Waals surface area contributed by atoms with Crippen molar-refractivity contribution in [1.29, 1.82) is 0 Å². The number of nitrogens with zero attached hydrogens (tertiary/aromatic N) is 2. The van der Waals surface area contributed by atoms with Crippen molar-refractivity contribution in [3.05, 3.63) is 35.1 Å². The maximum Gasteiger partial charge on any atom is 0.358 e. The number of fused-ring (bicyclic) bond motifs is 1. The predicted octanol–water partition coefficient (Wildman–Crippen LogP) is 2.57. The van der Waals surface area contributed by atoms with Crippen LogP contribution < -0.4 is 0 Å². The zero-order valence-corrected chi connectivity index (χ0v) is 9.60. The number of aromatic amines is 1. The Labute approximate surface area is 105 Å². The average molecular weight is 264 g/mol. The normalized spacial score (nSPS) is 10.9. The van der Waals surface area contributed by atoms with Crippen molar-refractivity contribution in [3.8, 4) is 11.3 Å². The van der Waals surface area contributed by atoms with Gasteiger partial charge >= 0.3 is 5.97 Å². The lowest BCUT2D eigenvalue weighted by Crippen LogP contribution is -1.94. The van der Waals surface area contributed by atoms with Gasteiger partial charge in [-0.1, -0.05) is 22.8 Å². The van der Waals surface area contributed by atoms with E-state index < -0.39 is 5.97 Å². The fraction of sp³-hybridized carbons (Fsp3) is 0. The number of carboxylic acid groups (broad SMARTS) is 1. The van der Waals surface area contributed by atoms with Crippen molar-refractivity contribution in [2.45, 2.75) is 0 Å². The third kappa shape index (κ3) is 1.54. The Morgan fingerprint density at radius 3 is 3.00 bits per heavy atom. The second-order valence-corrected chi connectivity index (χ2v) is 4.00. The molecule has 7 heteroatoms. The van der Waals surface area contributed by atoms with Crippen molar-refractivity contribution >= 4 is 28.5 Å². The minimum absolute atomic E-state index is 0.149. The smallest absolute Gasteiger partial charge is 0.358 e. The van der Waals surface area contributed by atoms with Gasteiger partial charge in [0.15, 0.2) is 11.5 Å². The monoisotopic (exact) mass is 263 g/mol. The summed E-state index contributed by atoms with van der Waals surface area (Å²) < 4.78 is 5.00. The molecule has 0 saturated carbocycles. The summed E-state index contributed by atoms with van der Waals surface area (Å²) in [5.74, 6) is -0.807. The van der Waals surface area contributed by atoms with E-state index in [-0.39, 0.29) is 5.69 Å². The number of nitrogens with one attached hydrogen (secondary N) is 1. The van der Waals surface area contributed by atoms with Crippen LogP contribution in [0.1, 0.15) is 10.5 Å². The Bertz CT molecular complexity index is 747. The van der Waals surface area contributed by atoms with Crippen LogP contribution >= 0.6 is 11.6 Å². The second kappa shape index (κ2) is 3.85. The molecule has 0 saturated heterocycles. The molecule has 0 spiro atoms. The third-order valence-electron chi connectivity index (χ3n) is 2.53. The number of rotatable bonds is 2. The molecular weight excluding hydrogens is 258 g/mol. The van der Waals surface area contributed by atoms with E-state index in [0.29, 0.717) is 22.0 Å². The van der Waals surface area contributed by atoms with E-state index in [1.807, 2.05) is 0 Å². The number of hydrogen-bond donors (Lipinski definition) is 2. The summed E-state index contributed by atoms with van der Waals surface area (Å²) in [6.45, 7) is 0. The van der Waals surface area contributed by atoms with Crippen LogP contribution in [0.4, 0.5) is 0 Å². The standard InChI is InChI=1S/C11H6ClN3O3/c12-10-6-3-1-2-5(9(6)13-14-10)8-4-7(11(16)17)15-18-8/h1-4H,(H,13,14)(H,16,17). The number of aromatic nitrogens is 3. The second-order valence-electron chi connectivity index (χ2n) is 3.62. The van der Waals surface area contributed by atoms with Gasteiger partial charge in [-0.05, 0) is 12.1 Å². The topological polar surface area (TPSA) is 92.0 Å². The number of hydrogen-bond acceptors (Lipinski definition) is 4. The van der Waals surface area contributed by atoms with Crippen molar-refractivity contribution in [2.75, 3.05) is 0 Å². The molecule has 0 bridgehead atoms. The molecule has 0 radical (unpaired) electrons. The van der Waals surface area contributed by atoms with Gasteiger partial charge in [0.05, 0.1) is 0 Å². The number of carboxylic acids is 1. The first kappa shape index (κ1) is 10.8. The summed E-state index contributed by atoms with van der Waals surface area (Å²) in [5.41, 5.74) is 1.09. The largest absolute Gasteiger partial charge is 0.476 e. The molecule has 6 nitrogen and oxygen atoms in total. The SMILES string of the molecule is O=C(O)c1cc(-c2cccc3c(Cl)[nH]nc23)on1. The Balaban J connectivity index is 2.21. The molecule has 0 aliphatic rings. The molecule has 0 amide bonds. The van der Waals surface area contributed by atoms with Crippen LogP contribution in [-0.4, -0.2) is 26.4 Å². The zero-order chi connectivity index (χ0) is 12.7. The van der Waals surface area contributed by atoms with Crippen molar-refractivity contribution in [1.82, 2.24) is 15.4 Å². The van der Waals surface area contributed by atoms with Crippen molar-refractivity contribution in [3.63, 3.8) is 0 Å². The molecule has 0 fully saturated rings. The van der Waals surface area contributed by atoms with E-state index in [2.05, 4.69) is 15.4 Å². The number of benzene rings is 1. The summed E-state index contributed by atoms with van der Waals surface area (Å²) in [4.78, 5) is 10.7. The Morgan fingerprint density at radius 1 is 1.44 bits per heavy atom. The Hall–Kier alpha value is -2.34. The van der Waals surface area contributed by atoms with Crippen LogP contribution in [0.5, 0.6) is 0 Å². The highest BCUT2D eigenvalue weighted by Gasteiger charge is 2.16. The minimum atomic E-state index is -1.14. The maximum atomic E-state index is 10.7. The van der Waals surface area contributed by atoms with Crippen LogP contribution in [0.3, 0.4) is 0 Å². The molecule has 90 valence electrons. The summed E-state index contributed by atoms with van der Waals surface area (Å²) in [7, 11) is 0. The van der Waals surface area contributed by atoms with Gasteiger partial charge in [0.2, 0.25) is 0 Å². The van der Waals surface area contributed by atoms with Gasteiger partial charge in [0.25, 0.3) is 0 Å². The molecule has 0 unspecified atom stereocenters. The number of halogens is 1. The van der Waals surface area contributed by atoms with Gasteiger partial charge in [-0.3, -0.25) is 5.10 Å². The van der Waals surface area contributed by atoms with Crippen LogP contribution in [-0.2, 0) is 0 Å². The lowest BCUT2D eigenvalue weighted by molar-refractivity contribution is 0.0686. The van der Waals surface area contributed by atoms with Crippen LogP contribution in [0.15, 0.2) is 28.8 Å². The molecule has 3 rings (SSSR count). The van der Waals surface area contributed by atoms with Gasteiger partial charge < -0.3 is 9.63 Å². The lowest BCUT2D eigenvalue weighted by atomic mass is 10.1. The number of H-pyrrole nitrogens is 1. The summed E-state index contributed by atoms with van der Waals surface area (Å²) in [6.07, 6.45) is 0. The van der Waals surface area contributed by atoms with Gasteiger partial charge in [-0.2, -0.15) is 5.10 Å². The fourth-order valence-electron chi connectivity index (χ4n) is 1.71. The first-order valence-corrected chi connectivity index (χ1v) is 5.37. The van der Waals surface area contributed by atoms with Crippen molar-refractivity contribution in [2.24, 2.45) is 0 Å². The molecule has 0 aliphatic carbocycles. The van der Waals surface area contributed by atoms with Gasteiger partial charge in [-0.15, -0.1) is 0 Å². The number of para-hydroxylation sites is 1. The number of carbonyl (C=O) groups is 1. The van der Waals surface area contributed by atoms with Gasteiger partial charge in [0.1, 0.15) is 10.7 Å². The highest BCUT2D eigenvalue weighted by Crippen LogP contribution is 2.30. The zero-order valence-electron chi connectivity index (χ0n) is 8.85. The number of aromatic carboxylic acids is 1. The molecule has 2 heterocycles. The first-order chi connectivity index (χ1) is 8.66. The summed E-state index contributed by atoms with van der Waals surface area (Å²) >= 11 is 5.93. The molecule has 1 aromatic carbocycles. The van der Waals surface area contributed by atoms with Crippen LogP contribution in [0.25, 0.3) is 22.2 Å². The third-order valence-corrected chi connectivity index (χ3v) is 2.82. The average Bonchev–Trinajstić information content (AvgIpc) is 2.97. The fourth-order valence-corrected chi connectivity index (χ4v) is 1.90. The highest BCUT2D eigenvalue weighted by atomic mass is 35.5. The maximum absolute atomic E-state index is 10.7. The molecule has 0 aliphatic heterocycles. The van der Waals surface area contributed by atoms with Crippen LogP contribution in [0, 0.1) is 0 Å². The quantitative estimate of drug-likeness (QED) is 0.741. The van der Waals surface area contributed by atoms with E-state index in [9.17, 15) is 4.79 Å². The Kier molecular flexibility index (Phi) is 2.31. The van der Waals surface area contributed by atoms with Gasteiger partial charge in [-0.25, -0.2) is 4.79 Å². The first-order valence-electron chi connectivity index (χ1n) is 5.00.